The summed E-state index contributed by atoms with van der Waals surface area (Å²) < 4.78 is 47.7. The average Bonchev–Trinajstić information content (AvgIpc) is 3.14. The summed E-state index contributed by atoms with van der Waals surface area (Å²) in [5, 5.41) is 0. The highest BCUT2D eigenvalue weighted by molar-refractivity contribution is 5.94. The van der Waals surface area contributed by atoms with Crippen molar-refractivity contribution in [3.63, 3.8) is 0 Å². The second kappa shape index (κ2) is 7.63. The molecule has 0 aliphatic rings. The SMILES string of the molecule is NC(=O)c1cc(-c2ccc(OCc3cn4ccccc4n3)cc2)c(C(F)(F)F)[nH]c1=O. The Morgan fingerprint density at radius 3 is 2.55 bits per heavy atom. The summed E-state index contributed by atoms with van der Waals surface area (Å²) >= 11 is 0. The zero-order chi connectivity index (χ0) is 22.2. The van der Waals surface area contributed by atoms with Crippen molar-refractivity contribution in [2.24, 2.45) is 5.73 Å². The van der Waals surface area contributed by atoms with E-state index in [-0.39, 0.29) is 17.7 Å². The van der Waals surface area contributed by atoms with Crippen LogP contribution in [0, 0.1) is 0 Å². The van der Waals surface area contributed by atoms with Gasteiger partial charge >= 0.3 is 6.18 Å². The minimum absolute atomic E-state index is 0.131. The molecule has 0 fully saturated rings. The quantitative estimate of drug-likeness (QED) is 0.509. The molecule has 7 nitrogen and oxygen atoms in total. The van der Waals surface area contributed by atoms with E-state index < -0.39 is 28.9 Å². The number of nitrogens with zero attached hydrogens (tertiary/aromatic N) is 2. The van der Waals surface area contributed by atoms with Gasteiger partial charge in [0.25, 0.3) is 11.5 Å². The number of aromatic amines is 1. The molecule has 4 aromatic rings. The summed E-state index contributed by atoms with van der Waals surface area (Å²) in [6.45, 7) is 0.166. The van der Waals surface area contributed by atoms with Crippen molar-refractivity contribution in [1.82, 2.24) is 14.4 Å². The number of carbonyl (C=O) groups excluding carboxylic acids is 1. The van der Waals surface area contributed by atoms with E-state index in [0.717, 1.165) is 11.7 Å². The third kappa shape index (κ3) is 4.13. The number of amides is 1. The number of nitrogens with one attached hydrogen (secondary N) is 1. The van der Waals surface area contributed by atoms with Crippen LogP contribution in [0.2, 0.25) is 0 Å². The molecule has 4 rings (SSSR count). The van der Waals surface area contributed by atoms with E-state index >= 15 is 0 Å². The molecule has 0 bridgehead atoms. The predicted octanol–water partition coefficient (Wildman–Crippen LogP) is 3.39. The number of H-pyrrole nitrogens is 1. The standard InChI is InChI=1S/C21H15F3N4O3/c22-21(23,24)18-15(9-16(19(25)29)20(30)27-18)12-4-6-14(7-5-12)31-11-13-10-28-8-2-1-3-17(28)26-13/h1-10H,11H2,(H2,25,29)(H,27,30). The third-order valence-electron chi connectivity index (χ3n) is 4.56. The lowest BCUT2D eigenvalue weighted by Gasteiger charge is -2.14. The van der Waals surface area contributed by atoms with Gasteiger partial charge in [0.05, 0.1) is 5.69 Å². The fourth-order valence-corrected chi connectivity index (χ4v) is 3.11. The Hall–Kier alpha value is -4.08. The molecule has 3 aromatic heterocycles. The monoisotopic (exact) mass is 428 g/mol. The van der Waals surface area contributed by atoms with Crippen molar-refractivity contribution in [2.75, 3.05) is 0 Å². The first-order valence-corrected chi connectivity index (χ1v) is 9.02. The van der Waals surface area contributed by atoms with Crippen LogP contribution < -0.4 is 16.0 Å². The maximum absolute atomic E-state index is 13.4. The predicted molar refractivity (Wildman–Crippen MR) is 106 cm³/mol. The number of ether oxygens (including phenoxy) is 1. The number of aromatic nitrogens is 3. The van der Waals surface area contributed by atoms with Crippen LogP contribution in [-0.2, 0) is 12.8 Å². The Balaban J connectivity index is 1.60. The fraction of sp³-hybridized carbons (Fsp3) is 0.0952. The largest absolute Gasteiger partial charge is 0.487 e. The molecular formula is C21H15F3N4O3. The van der Waals surface area contributed by atoms with Gasteiger partial charge in [0, 0.05) is 18.0 Å². The molecule has 0 aliphatic heterocycles. The molecule has 0 atom stereocenters. The number of carbonyl (C=O) groups is 1. The zero-order valence-corrected chi connectivity index (χ0v) is 15.8. The molecule has 31 heavy (non-hydrogen) atoms. The van der Waals surface area contributed by atoms with Crippen molar-refractivity contribution in [2.45, 2.75) is 12.8 Å². The molecule has 158 valence electrons. The number of fused-ring (bicyclic) bond motifs is 1. The summed E-state index contributed by atoms with van der Waals surface area (Å²) in [6, 6.07) is 12.2. The Kier molecular flexibility index (Phi) is 4.97. The first-order chi connectivity index (χ1) is 14.7. The molecule has 10 heteroatoms. The normalized spacial score (nSPS) is 11.6. The number of hydrogen-bond acceptors (Lipinski definition) is 4. The molecule has 0 aliphatic carbocycles. The Labute approximate surface area is 172 Å². The van der Waals surface area contributed by atoms with E-state index in [1.807, 2.05) is 35.0 Å². The first kappa shape index (κ1) is 20.2. The van der Waals surface area contributed by atoms with Crippen LogP contribution in [0.4, 0.5) is 13.2 Å². The molecule has 0 saturated heterocycles. The van der Waals surface area contributed by atoms with Crippen LogP contribution in [-0.4, -0.2) is 20.3 Å². The van der Waals surface area contributed by atoms with Gasteiger partial charge in [-0.15, -0.1) is 0 Å². The second-order valence-corrected chi connectivity index (χ2v) is 6.67. The number of halogens is 3. The van der Waals surface area contributed by atoms with Gasteiger partial charge in [0.1, 0.15) is 29.3 Å². The van der Waals surface area contributed by atoms with E-state index in [1.165, 1.54) is 24.3 Å². The van der Waals surface area contributed by atoms with E-state index in [9.17, 15) is 22.8 Å². The highest BCUT2D eigenvalue weighted by Gasteiger charge is 2.36. The van der Waals surface area contributed by atoms with Crippen molar-refractivity contribution in [1.29, 1.82) is 0 Å². The van der Waals surface area contributed by atoms with Gasteiger partial charge in [0.15, 0.2) is 0 Å². The van der Waals surface area contributed by atoms with E-state index in [2.05, 4.69) is 4.98 Å². The summed E-state index contributed by atoms with van der Waals surface area (Å²) in [7, 11) is 0. The smallest absolute Gasteiger partial charge is 0.431 e. The lowest BCUT2D eigenvalue weighted by molar-refractivity contribution is -0.140. The maximum atomic E-state index is 13.4. The maximum Gasteiger partial charge on any atom is 0.431 e. The van der Waals surface area contributed by atoms with Gasteiger partial charge in [-0.3, -0.25) is 9.59 Å². The molecule has 1 aromatic carbocycles. The van der Waals surface area contributed by atoms with Crippen molar-refractivity contribution in [3.8, 4) is 16.9 Å². The minimum atomic E-state index is -4.83. The molecule has 1 amide bonds. The summed E-state index contributed by atoms with van der Waals surface area (Å²) in [5.74, 6) is -0.711. The van der Waals surface area contributed by atoms with Crippen LogP contribution >= 0.6 is 0 Å². The van der Waals surface area contributed by atoms with Gasteiger partial charge < -0.3 is 19.9 Å². The molecular weight excluding hydrogens is 413 g/mol. The molecule has 3 N–H and O–H groups in total. The molecule has 3 heterocycles. The topological polar surface area (TPSA) is 102 Å². The highest BCUT2D eigenvalue weighted by atomic mass is 19.4. The molecule has 0 radical (unpaired) electrons. The van der Waals surface area contributed by atoms with E-state index in [1.54, 1.807) is 4.98 Å². The zero-order valence-electron chi connectivity index (χ0n) is 15.8. The summed E-state index contributed by atoms with van der Waals surface area (Å²) in [4.78, 5) is 29.3. The van der Waals surface area contributed by atoms with Crippen molar-refractivity contribution < 1.29 is 22.7 Å². The lowest BCUT2D eigenvalue weighted by Crippen LogP contribution is -2.27. The highest BCUT2D eigenvalue weighted by Crippen LogP contribution is 2.35. The van der Waals surface area contributed by atoms with Crippen LogP contribution in [0.3, 0.4) is 0 Å². The Morgan fingerprint density at radius 1 is 1.16 bits per heavy atom. The minimum Gasteiger partial charge on any atom is -0.487 e. The number of benzene rings is 1. The summed E-state index contributed by atoms with van der Waals surface area (Å²) in [5.41, 5.74) is 3.29. The number of pyridine rings is 2. The second-order valence-electron chi connectivity index (χ2n) is 6.67. The fourth-order valence-electron chi connectivity index (χ4n) is 3.11. The van der Waals surface area contributed by atoms with Crippen LogP contribution in [0.1, 0.15) is 21.7 Å². The van der Waals surface area contributed by atoms with Crippen LogP contribution in [0.15, 0.2) is 65.7 Å². The molecule has 0 unspecified atom stereocenters. The number of alkyl halides is 3. The summed E-state index contributed by atoms with van der Waals surface area (Å²) in [6.07, 6.45) is -1.17. The first-order valence-electron chi connectivity index (χ1n) is 9.02. The number of rotatable bonds is 5. The number of hydrogen-bond donors (Lipinski definition) is 2. The number of primary amides is 1. The number of nitrogens with two attached hydrogens (primary N) is 1. The molecule has 0 saturated carbocycles. The van der Waals surface area contributed by atoms with Gasteiger partial charge in [-0.1, -0.05) is 18.2 Å². The van der Waals surface area contributed by atoms with Gasteiger partial charge in [-0.25, -0.2) is 4.98 Å². The van der Waals surface area contributed by atoms with Gasteiger partial charge in [0.2, 0.25) is 0 Å². The lowest BCUT2D eigenvalue weighted by atomic mass is 10.0. The van der Waals surface area contributed by atoms with Crippen LogP contribution in [0.5, 0.6) is 5.75 Å². The molecule has 0 spiro atoms. The van der Waals surface area contributed by atoms with Gasteiger partial charge in [-0.2, -0.15) is 13.2 Å². The van der Waals surface area contributed by atoms with Crippen molar-refractivity contribution in [3.05, 3.63) is 88.2 Å². The van der Waals surface area contributed by atoms with E-state index in [4.69, 9.17) is 10.5 Å². The Morgan fingerprint density at radius 2 is 1.90 bits per heavy atom. The third-order valence-corrected chi connectivity index (χ3v) is 4.56. The van der Waals surface area contributed by atoms with E-state index in [0.29, 0.717) is 11.4 Å². The van der Waals surface area contributed by atoms with Crippen molar-refractivity contribution >= 4 is 11.6 Å². The number of imidazole rings is 1. The Bertz CT molecular complexity index is 1290. The van der Waals surface area contributed by atoms with Gasteiger partial charge in [-0.05, 0) is 35.9 Å². The van der Waals surface area contributed by atoms with Crippen LogP contribution in [0.25, 0.3) is 16.8 Å². The average molecular weight is 428 g/mol.